The Kier molecular flexibility index (Phi) is 5.96. The molecule has 1 aromatic heterocycles. The number of aryl methyl sites for hydroxylation is 4. The molecular weight excluding hydrogens is 436 g/mol. The predicted molar refractivity (Wildman–Crippen MR) is 123 cm³/mol. The topological polar surface area (TPSA) is 62.2 Å². The number of nitrogens with zero attached hydrogens (tertiary/aromatic N) is 2. The second kappa shape index (κ2) is 8.24. The molecule has 0 aliphatic carbocycles. The smallest absolute Gasteiger partial charge is 0.280 e. The second-order valence-electron chi connectivity index (χ2n) is 6.73. The monoisotopic (exact) mass is 456 g/mol. The molecule has 0 aliphatic heterocycles. The van der Waals surface area contributed by atoms with Crippen LogP contribution >= 0.6 is 28.1 Å². The van der Waals surface area contributed by atoms with Crippen LogP contribution in [0.1, 0.15) is 27.9 Å². The quantitative estimate of drug-likeness (QED) is 0.431. The van der Waals surface area contributed by atoms with Crippen molar-refractivity contribution >= 4 is 45.2 Å². The molecule has 7 heteroatoms. The Labute approximate surface area is 177 Å². The van der Waals surface area contributed by atoms with Crippen LogP contribution in [0.15, 0.2) is 50.7 Å². The molecule has 0 bridgehead atoms. The fourth-order valence-corrected chi connectivity index (χ4v) is 3.30. The lowest BCUT2D eigenvalue weighted by molar-refractivity contribution is 0.834. The van der Waals surface area contributed by atoms with Gasteiger partial charge in [0.05, 0.1) is 11.3 Å². The molecule has 0 radical (unpaired) electrons. The summed E-state index contributed by atoms with van der Waals surface area (Å²) in [6.45, 7) is 7.87. The van der Waals surface area contributed by atoms with E-state index in [-0.39, 0.29) is 5.56 Å². The molecule has 0 saturated carbocycles. The van der Waals surface area contributed by atoms with Gasteiger partial charge in [-0.05, 0) is 75.3 Å². The van der Waals surface area contributed by atoms with Crippen LogP contribution in [0, 0.1) is 27.7 Å². The fourth-order valence-electron chi connectivity index (χ4n) is 2.89. The third-order valence-corrected chi connectivity index (χ3v) is 5.55. The highest BCUT2D eigenvalue weighted by Gasteiger charge is 2.11. The van der Waals surface area contributed by atoms with Crippen LogP contribution in [0.3, 0.4) is 0 Å². The molecule has 0 aliphatic rings. The molecular formula is C21H21BrN4OS. The lowest BCUT2D eigenvalue weighted by atomic mass is 10.1. The number of nitrogens with one attached hydrogen (secondary N) is 2. The Morgan fingerprint density at radius 1 is 1.14 bits per heavy atom. The zero-order valence-corrected chi connectivity index (χ0v) is 18.5. The lowest BCUT2D eigenvalue weighted by Gasteiger charge is -2.08. The first-order valence-electron chi connectivity index (χ1n) is 8.76. The number of thiocarbonyl (C=S) groups is 1. The van der Waals surface area contributed by atoms with E-state index >= 15 is 0 Å². The highest BCUT2D eigenvalue weighted by Crippen LogP contribution is 2.19. The van der Waals surface area contributed by atoms with Gasteiger partial charge in [0.25, 0.3) is 5.56 Å². The standard InChI is InChI=1S/C21H21BrN4OS/c1-12-5-8-19(14(3)9-12)24-21(28)23-11-17-15(4)25-26(20(17)27)16-6-7-18(22)13(2)10-16/h5-11,25H,1-4H3,(H,24,28). The number of aromatic nitrogens is 2. The van der Waals surface area contributed by atoms with Crippen LogP contribution in [0.5, 0.6) is 0 Å². The number of benzene rings is 2. The number of hydrogen-bond donors (Lipinski definition) is 2. The number of H-pyrrole nitrogens is 1. The number of aromatic amines is 1. The van der Waals surface area contributed by atoms with Crippen molar-refractivity contribution in [3.05, 3.63) is 79.2 Å². The number of aliphatic imine (C=N–C) groups is 1. The summed E-state index contributed by atoms with van der Waals surface area (Å²) >= 11 is 8.79. The highest BCUT2D eigenvalue weighted by atomic mass is 79.9. The summed E-state index contributed by atoms with van der Waals surface area (Å²) in [5, 5.41) is 6.51. The third kappa shape index (κ3) is 4.31. The molecule has 3 aromatic rings. The molecule has 3 rings (SSSR count). The minimum atomic E-state index is -0.169. The Bertz CT molecular complexity index is 1140. The van der Waals surface area contributed by atoms with Crippen LogP contribution in [-0.4, -0.2) is 21.1 Å². The van der Waals surface area contributed by atoms with Gasteiger partial charge >= 0.3 is 0 Å². The molecule has 0 atom stereocenters. The summed E-state index contributed by atoms with van der Waals surface area (Å²) in [6, 6.07) is 11.8. The van der Waals surface area contributed by atoms with E-state index in [1.54, 1.807) is 0 Å². The minimum Gasteiger partial charge on any atom is -0.331 e. The summed E-state index contributed by atoms with van der Waals surface area (Å²) in [5.74, 6) is 0. The van der Waals surface area contributed by atoms with Gasteiger partial charge in [0.15, 0.2) is 5.11 Å². The second-order valence-corrected chi connectivity index (χ2v) is 7.97. The van der Waals surface area contributed by atoms with E-state index in [4.69, 9.17) is 12.2 Å². The summed E-state index contributed by atoms with van der Waals surface area (Å²) in [6.07, 6.45) is 1.51. The van der Waals surface area contributed by atoms with Crippen LogP contribution in [0.4, 0.5) is 5.69 Å². The Hall–Kier alpha value is -2.51. The molecule has 2 aromatic carbocycles. The number of anilines is 1. The van der Waals surface area contributed by atoms with Crippen LogP contribution in [0.25, 0.3) is 5.69 Å². The first kappa shape index (κ1) is 20.2. The zero-order valence-electron chi connectivity index (χ0n) is 16.1. The molecule has 0 unspecified atom stereocenters. The van der Waals surface area contributed by atoms with Crippen LogP contribution in [-0.2, 0) is 0 Å². The maximum atomic E-state index is 12.8. The van der Waals surface area contributed by atoms with E-state index in [2.05, 4.69) is 37.4 Å². The molecule has 5 nitrogen and oxygen atoms in total. The van der Waals surface area contributed by atoms with Gasteiger partial charge in [-0.2, -0.15) is 0 Å². The molecule has 1 heterocycles. The van der Waals surface area contributed by atoms with Gasteiger partial charge in [-0.1, -0.05) is 33.6 Å². The Morgan fingerprint density at radius 3 is 2.57 bits per heavy atom. The van der Waals surface area contributed by atoms with Crippen molar-refractivity contribution in [1.82, 2.24) is 9.78 Å². The SMILES string of the molecule is Cc1ccc(NC(=S)N=Cc2c(C)[nH]n(-c3ccc(Br)c(C)c3)c2=O)c(C)c1. The summed E-state index contributed by atoms with van der Waals surface area (Å²) in [7, 11) is 0. The van der Waals surface area contributed by atoms with Crippen molar-refractivity contribution in [2.24, 2.45) is 4.99 Å². The van der Waals surface area contributed by atoms with Crippen molar-refractivity contribution in [3.63, 3.8) is 0 Å². The molecule has 2 N–H and O–H groups in total. The number of hydrogen-bond acceptors (Lipinski definition) is 2. The van der Waals surface area contributed by atoms with E-state index in [1.165, 1.54) is 16.5 Å². The fraction of sp³-hybridized carbons (Fsp3) is 0.190. The Balaban J connectivity index is 1.84. The van der Waals surface area contributed by atoms with Crippen LogP contribution in [0.2, 0.25) is 0 Å². The molecule has 0 fully saturated rings. The highest BCUT2D eigenvalue weighted by molar-refractivity contribution is 9.10. The van der Waals surface area contributed by atoms with Crippen molar-refractivity contribution < 1.29 is 0 Å². The first-order valence-corrected chi connectivity index (χ1v) is 9.97. The largest absolute Gasteiger partial charge is 0.331 e. The number of halogens is 1. The van der Waals surface area contributed by atoms with Crippen molar-refractivity contribution in [1.29, 1.82) is 0 Å². The lowest BCUT2D eigenvalue weighted by Crippen LogP contribution is -2.18. The van der Waals surface area contributed by atoms with Crippen molar-refractivity contribution in [2.45, 2.75) is 27.7 Å². The molecule has 0 saturated heterocycles. The summed E-state index contributed by atoms with van der Waals surface area (Å²) in [5.41, 5.74) is 6.02. The zero-order chi connectivity index (χ0) is 20.4. The van der Waals surface area contributed by atoms with E-state index in [0.29, 0.717) is 10.7 Å². The average molecular weight is 457 g/mol. The third-order valence-electron chi connectivity index (χ3n) is 4.45. The molecule has 0 spiro atoms. The number of rotatable bonds is 3. The van der Waals surface area contributed by atoms with Gasteiger partial charge < -0.3 is 5.32 Å². The molecule has 144 valence electrons. The maximum absolute atomic E-state index is 12.8. The summed E-state index contributed by atoms with van der Waals surface area (Å²) < 4.78 is 2.51. The van der Waals surface area contributed by atoms with Gasteiger partial charge in [0.1, 0.15) is 0 Å². The van der Waals surface area contributed by atoms with E-state index in [9.17, 15) is 4.79 Å². The average Bonchev–Trinajstić information content (AvgIpc) is 2.92. The van der Waals surface area contributed by atoms with Gasteiger partial charge in [0.2, 0.25) is 0 Å². The molecule has 28 heavy (non-hydrogen) atoms. The van der Waals surface area contributed by atoms with Gasteiger partial charge in [-0.3, -0.25) is 9.89 Å². The van der Waals surface area contributed by atoms with Gasteiger partial charge in [-0.25, -0.2) is 9.67 Å². The predicted octanol–water partition coefficient (Wildman–Crippen LogP) is 4.98. The van der Waals surface area contributed by atoms with Crippen LogP contribution < -0.4 is 10.9 Å². The first-order chi connectivity index (χ1) is 13.3. The van der Waals surface area contributed by atoms with E-state index in [0.717, 1.165) is 32.7 Å². The maximum Gasteiger partial charge on any atom is 0.280 e. The molecule has 0 amide bonds. The van der Waals surface area contributed by atoms with Gasteiger partial charge in [0, 0.05) is 22.1 Å². The van der Waals surface area contributed by atoms with Crippen molar-refractivity contribution in [2.75, 3.05) is 5.32 Å². The summed E-state index contributed by atoms with van der Waals surface area (Å²) in [4.78, 5) is 17.1. The van der Waals surface area contributed by atoms with E-state index in [1.807, 2.05) is 58.0 Å². The van der Waals surface area contributed by atoms with Crippen molar-refractivity contribution in [3.8, 4) is 5.69 Å². The minimum absolute atomic E-state index is 0.169. The normalized spacial score (nSPS) is 11.2. The Morgan fingerprint density at radius 2 is 1.89 bits per heavy atom. The van der Waals surface area contributed by atoms with E-state index < -0.39 is 0 Å². The van der Waals surface area contributed by atoms with Gasteiger partial charge in [-0.15, -0.1) is 0 Å².